The number of hydrogen-bond acceptors (Lipinski definition) is 2. The summed E-state index contributed by atoms with van der Waals surface area (Å²) >= 11 is 0. The monoisotopic (exact) mass is 215 g/mol. The van der Waals surface area contributed by atoms with Crippen molar-refractivity contribution in [3.8, 4) is 0 Å². The van der Waals surface area contributed by atoms with Crippen LogP contribution in [-0.2, 0) is 4.74 Å². The smallest absolute Gasteiger partial charge is 0.404 e. The number of ether oxygens (including phenoxy) is 1. The second kappa shape index (κ2) is 9.81. The Morgan fingerprint density at radius 3 is 2.27 bits per heavy atom. The summed E-state index contributed by atoms with van der Waals surface area (Å²) in [5, 5.41) is 0. The van der Waals surface area contributed by atoms with E-state index in [1.54, 1.807) is 0 Å². The normalized spacial score (nSPS) is 12.4. The van der Waals surface area contributed by atoms with Gasteiger partial charge in [-0.3, -0.25) is 0 Å². The molecule has 3 nitrogen and oxygen atoms in total. The molecule has 0 aromatic rings. The van der Waals surface area contributed by atoms with Crippen molar-refractivity contribution >= 4 is 6.09 Å². The van der Waals surface area contributed by atoms with Crippen LogP contribution in [0, 0.1) is 0 Å². The molecule has 0 saturated heterocycles. The molecule has 90 valence electrons. The van der Waals surface area contributed by atoms with Crippen LogP contribution in [-0.4, -0.2) is 12.2 Å². The Balaban J connectivity index is 3.52. The summed E-state index contributed by atoms with van der Waals surface area (Å²) in [6, 6.07) is 0. The third-order valence-electron chi connectivity index (χ3n) is 2.52. The van der Waals surface area contributed by atoms with Gasteiger partial charge in [0.05, 0.1) is 0 Å². The molecule has 0 bridgehead atoms. The molecular weight excluding hydrogens is 190 g/mol. The van der Waals surface area contributed by atoms with Gasteiger partial charge in [0.15, 0.2) is 0 Å². The lowest BCUT2D eigenvalue weighted by atomic mass is 10.1. The van der Waals surface area contributed by atoms with Crippen molar-refractivity contribution < 1.29 is 9.53 Å². The van der Waals surface area contributed by atoms with Crippen molar-refractivity contribution in [2.45, 2.75) is 71.3 Å². The number of nitrogens with two attached hydrogens (primary N) is 1. The van der Waals surface area contributed by atoms with Crippen LogP contribution in [0.25, 0.3) is 0 Å². The van der Waals surface area contributed by atoms with Crippen molar-refractivity contribution in [3.63, 3.8) is 0 Å². The molecule has 0 radical (unpaired) electrons. The molecule has 0 heterocycles. The van der Waals surface area contributed by atoms with E-state index in [2.05, 4.69) is 13.8 Å². The van der Waals surface area contributed by atoms with Crippen molar-refractivity contribution in [2.75, 3.05) is 0 Å². The molecule has 0 aromatic carbocycles. The maximum Gasteiger partial charge on any atom is 0.404 e. The average Bonchev–Trinajstić information content (AvgIpc) is 2.17. The number of carbonyl (C=O) groups excluding carboxylic acids is 1. The molecule has 0 spiro atoms. The molecule has 0 aromatic heterocycles. The highest BCUT2D eigenvalue weighted by atomic mass is 16.6. The highest BCUT2D eigenvalue weighted by molar-refractivity contribution is 5.64. The predicted octanol–water partition coefficient (Wildman–Crippen LogP) is 3.61. The third kappa shape index (κ3) is 9.57. The summed E-state index contributed by atoms with van der Waals surface area (Å²) in [7, 11) is 0. The Bertz CT molecular complexity index is 160. The van der Waals surface area contributed by atoms with Gasteiger partial charge in [-0.05, 0) is 19.3 Å². The van der Waals surface area contributed by atoms with E-state index in [-0.39, 0.29) is 6.10 Å². The summed E-state index contributed by atoms with van der Waals surface area (Å²) in [4.78, 5) is 10.6. The highest BCUT2D eigenvalue weighted by Crippen LogP contribution is 2.13. The minimum absolute atomic E-state index is 0.0362. The zero-order valence-corrected chi connectivity index (χ0v) is 10.1. The molecule has 0 aliphatic heterocycles. The maximum absolute atomic E-state index is 10.6. The molecular formula is C12H25NO2. The van der Waals surface area contributed by atoms with Crippen LogP contribution in [0.4, 0.5) is 4.79 Å². The van der Waals surface area contributed by atoms with Crippen LogP contribution >= 0.6 is 0 Å². The number of hydrogen-bond donors (Lipinski definition) is 1. The van der Waals surface area contributed by atoms with E-state index < -0.39 is 6.09 Å². The van der Waals surface area contributed by atoms with Gasteiger partial charge in [-0.15, -0.1) is 0 Å². The molecule has 0 aliphatic rings. The van der Waals surface area contributed by atoms with E-state index in [0.29, 0.717) is 0 Å². The van der Waals surface area contributed by atoms with E-state index in [0.717, 1.165) is 25.7 Å². The van der Waals surface area contributed by atoms with Gasteiger partial charge in [0, 0.05) is 0 Å². The lowest BCUT2D eigenvalue weighted by Gasteiger charge is -2.15. The molecule has 2 N–H and O–H groups in total. The van der Waals surface area contributed by atoms with Gasteiger partial charge in [-0.25, -0.2) is 4.79 Å². The Kier molecular flexibility index (Phi) is 9.33. The summed E-state index contributed by atoms with van der Waals surface area (Å²) < 4.78 is 5.04. The van der Waals surface area contributed by atoms with Crippen molar-refractivity contribution in [2.24, 2.45) is 5.73 Å². The number of unbranched alkanes of at least 4 members (excludes halogenated alkanes) is 4. The Morgan fingerprint density at radius 2 is 1.73 bits per heavy atom. The average molecular weight is 215 g/mol. The fourth-order valence-electron chi connectivity index (χ4n) is 1.72. The first kappa shape index (κ1) is 14.3. The first-order valence-electron chi connectivity index (χ1n) is 6.16. The minimum atomic E-state index is -0.637. The Hall–Kier alpha value is -0.730. The third-order valence-corrected chi connectivity index (χ3v) is 2.52. The number of primary amides is 1. The standard InChI is InChI=1S/C12H25NO2/c1-3-5-6-7-8-10-11(9-4-2)15-12(13)14/h11H,3-10H2,1-2H3,(H2,13,14). The topological polar surface area (TPSA) is 52.3 Å². The molecule has 0 rings (SSSR count). The van der Waals surface area contributed by atoms with Crippen LogP contribution in [0.15, 0.2) is 0 Å². The SMILES string of the molecule is CCCCCCCC(CCC)OC(N)=O. The zero-order chi connectivity index (χ0) is 11.5. The predicted molar refractivity (Wildman–Crippen MR) is 62.7 cm³/mol. The number of amides is 1. The quantitative estimate of drug-likeness (QED) is 0.597. The maximum atomic E-state index is 10.6. The van der Waals surface area contributed by atoms with Crippen molar-refractivity contribution in [1.29, 1.82) is 0 Å². The molecule has 0 aliphatic carbocycles. The molecule has 1 amide bonds. The first-order valence-corrected chi connectivity index (χ1v) is 6.16. The fraction of sp³-hybridized carbons (Fsp3) is 0.917. The van der Waals surface area contributed by atoms with Gasteiger partial charge < -0.3 is 10.5 Å². The van der Waals surface area contributed by atoms with E-state index in [4.69, 9.17) is 10.5 Å². The van der Waals surface area contributed by atoms with E-state index in [9.17, 15) is 4.79 Å². The summed E-state index contributed by atoms with van der Waals surface area (Å²) in [5.74, 6) is 0. The van der Waals surface area contributed by atoms with Crippen LogP contribution in [0.1, 0.15) is 65.2 Å². The van der Waals surface area contributed by atoms with Gasteiger partial charge in [-0.2, -0.15) is 0 Å². The highest BCUT2D eigenvalue weighted by Gasteiger charge is 2.10. The molecule has 15 heavy (non-hydrogen) atoms. The molecule has 1 unspecified atom stereocenters. The van der Waals surface area contributed by atoms with Crippen LogP contribution in [0.2, 0.25) is 0 Å². The molecule has 0 fully saturated rings. The summed E-state index contributed by atoms with van der Waals surface area (Å²) in [5.41, 5.74) is 5.01. The first-order chi connectivity index (χ1) is 7.20. The van der Waals surface area contributed by atoms with Gasteiger partial charge in [0.2, 0.25) is 0 Å². The lowest BCUT2D eigenvalue weighted by Crippen LogP contribution is -2.22. The van der Waals surface area contributed by atoms with Gasteiger partial charge in [-0.1, -0.05) is 46.0 Å². The summed E-state index contributed by atoms with van der Waals surface area (Å²) in [6.07, 6.45) is 8.53. The molecule has 0 saturated carbocycles. The summed E-state index contributed by atoms with van der Waals surface area (Å²) in [6.45, 7) is 4.30. The van der Waals surface area contributed by atoms with Gasteiger partial charge >= 0.3 is 6.09 Å². The molecule has 3 heteroatoms. The second-order valence-electron chi connectivity index (χ2n) is 4.05. The van der Waals surface area contributed by atoms with E-state index >= 15 is 0 Å². The number of rotatable bonds is 9. The lowest BCUT2D eigenvalue weighted by molar-refractivity contribution is 0.0935. The van der Waals surface area contributed by atoms with Crippen molar-refractivity contribution in [1.82, 2.24) is 0 Å². The van der Waals surface area contributed by atoms with E-state index in [1.807, 2.05) is 0 Å². The Morgan fingerprint density at radius 1 is 1.07 bits per heavy atom. The van der Waals surface area contributed by atoms with E-state index in [1.165, 1.54) is 25.7 Å². The van der Waals surface area contributed by atoms with Gasteiger partial charge in [0.25, 0.3) is 0 Å². The number of carbonyl (C=O) groups is 1. The fourth-order valence-corrected chi connectivity index (χ4v) is 1.72. The van der Waals surface area contributed by atoms with Crippen LogP contribution < -0.4 is 5.73 Å². The zero-order valence-electron chi connectivity index (χ0n) is 10.1. The molecule has 1 atom stereocenters. The van der Waals surface area contributed by atoms with Crippen molar-refractivity contribution in [3.05, 3.63) is 0 Å². The Labute approximate surface area is 93.4 Å². The van der Waals surface area contributed by atoms with Gasteiger partial charge in [0.1, 0.15) is 6.10 Å². The largest absolute Gasteiger partial charge is 0.446 e. The minimum Gasteiger partial charge on any atom is -0.446 e. The second-order valence-corrected chi connectivity index (χ2v) is 4.05. The van der Waals surface area contributed by atoms with Crippen LogP contribution in [0.5, 0.6) is 0 Å². The van der Waals surface area contributed by atoms with Crippen LogP contribution in [0.3, 0.4) is 0 Å².